The van der Waals surface area contributed by atoms with Crippen LogP contribution in [0.2, 0.25) is 10.0 Å². The SMILES string of the molecule is O=C(CN(Cc1c(F)cccc1Cl)S(=O)(=O)c1ccc(Cl)cc1)Nc1ccc(Oc2ccccc2)cc1. The summed E-state index contributed by atoms with van der Waals surface area (Å²) in [6, 6.07) is 25.3. The zero-order valence-corrected chi connectivity index (χ0v) is 21.6. The van der Waals surface area contributed by atoms with Crippen molar-refractivity contribution in [2.75, 3.05) is 11.9 Å². The molecule has 0 saturated carbocycles. The Morgan fingerprint density at radius 3 is 2.14 bits per heavy atom. The van der Waals surface area contributed by atoms with Crippen LogP contribution in [0.1, 0.15) is 5.56 Å². The number of rotatable bonds is 9. The number of halogens is 3. The number of amides is 1. The number of ether oxygens (including phenoxy) is 1. The standard InChI is InChI=1S/C27H21Cl2FN2O4S/c28-19-9-15-23(16-10-19)37(34,35)32(17-24-25(29)7-4-8-26(24)30)18-27(33)31-20-11-13-22(14-12-20)36-21-5-2-1-3-6-21/h1-16H,17-18H2,(H,31,33). The van der Waals surface area contributed by atoms with E-state index in [-0.39, 0.29) is 15.5 Å². The summed E-state index contributed by atoms with van der Waals surface area (Å²) in [5, 5.41) is 3.06. The quantitative estimate of drug-likeness (QED) is 0.246. The molecule has 0 heterocycles. The highest BCUT2D eigenvalue weighted by molar-refractivity contribution is 7.89. The number of benzene rings is 4. The van der Waals surface area contributed by atoms with Gasteiger partial charge in [-0.05, 0) is 72.8 Å². The molecule has 0 radical (unpaired) electrons. The highest BCUT2D eigenvalue weighted by Crippen LogP contribution is 2.26. The first-order chi connectivity index (χ1) is 17.7. The maximum Gasteiger partial charge on any atom is 0.243 e. The Morgan fingerprint density at radius 1 is 0.838 bits per heavy atom. The molecular formula is C27H21Cl2FN2O4S. The summed E-state index contributed by atoms with van der Waals surface area (Å²) >= 11 is 12.0. The van der Waals surface area contributed by atoms with E-state index in [4.69, 9.17) is 27.9 Å². The second-order valence-electron chi connectivity index (χ2n) is 7.91. The minimum absolute atomic E-state index is 0.0445. The molecule has 0 atom stereocenters. The Labute approximate surface area is 224 Å². The van der Waals surface area contributed by atoms with Crippen molar-refractivity contribution in [1.82, 2.24) is 4.31 Å². The van der Waals surface area contributed by atoms with Crippen molar-refractivity contribution in [1.29, 1.82) is 0 Å². The van der Waals surface area contributed by atoms with Crippen molar-refractivity contribution in [3.63, 3.8) is 0 Å². The Hall–Kier alpha value is -3.43. The van der Waals surface area contributed by atoms with Gasteiger partial charge in [0, 0.05) is 27.8 Å². The van der Waals surface area contributed by atoms with Gasteiger partial charge in [-0.1, -0.05) is 47.5 Å². The number of anilines is 1. The van der Waals surface area contributed by atoms with Crippen molar-refractivity contribution < 1.29 is 22.3 Å². The maximum atomic E-state index is 14.5. The molecule has 0 bridgehead atoms. The number of nitrogens with zero attached hydrogens (tertiary/aromatic N) is 1. The molecule has 37 heavy (non-hydrogen) atoms. The number of nitrogens with one attached hydrogen (secondary N) is 1. The van der Waals surface area contributed by atoms with E-state index in [2.05, 4.69) is 5.32 Å². The molecule has 0 saturated heterocycles. The lowest BCUT2D eigenvalue weighted by atomic mass is 10.2. The van der Waals surface area contributed by atoms with Gasteiger partial charge in [0.2, 0.25) is 15.9 Å². The number of sulfonamides is 1. The van der Waals surface area contributed by atoms with Gasteiger partial charge in [-0.3, -0.25) is 4.79 Å². The number of para-hydroxylation sites is 1. The number of carbonyl (C=O) groups excluding carboxylic acids is 1. The fourth-order valence-corrected chi connectivity index (χ4v) is 5.15. The molecule has 0 aliphatic heterocycles. The Balaban J connectivity index is 1.53. The van der Waals surface area contributed by atoms with Crippen LogP contribution in [0.3, 0.4) is 0 Å². The van der Waals surface area contributed by atoms with E-state index in [0.717, 1.165) is 4.31 Å². The molecule has 4 aromatic rings. The minimum atomic E-state index is -4.21. The first-order valence-electron chi connectivity index (χ1n) is 11.0. The van der Waals surface area contributed by atoms with Gasteiger partial charge < -0.3 is 10.1 Å². The lowest BCUT2D eigenvalue weighted by Gasteiger charge is -2.23. The van der Waals surface area contributed by atoms with E-state index in [0.29, 0.717) is 22.2 Å². The largest absolute Gasteiger partial charge is 0.457 e. The van der Waals surface area contributed by atoms with Gasteiger partial charge >= 0.3 is 0 Å². The molecule has 1 N–H and O–H groups in total. The highest BCUT2D eigenvalue weighted by Gasteiger charge is 2.28. The van der Waals surface area contributed by atoms with Gasteiger partial charge in [0.1, 0.15) is 17.3 Å². The molecule has 4 rings (SSSR count). The molecule has 0 spiro atoms. The third kappa shape index (κ3) is 6.87. The molecule has 10 heteroatoms. The van der Waals surface area contributed by atoms with Gasteiger partial charge in [0.05, 0.1) is 11.4 Å². The molecule has 0 aliphatic rings. The van der Waals surface area contributed by atoms with Crippen LogP contribution in [0, 0.1) is 5.82 Å². The van der Waals surface area contributed by atoms with Crippen LogP contribution in [0.25, 0.3) is 0 Å². The van der Waals surface area contributed by atoms with Crippen molar-refractivity contribution in [2.24, 2.45) is 0 Å². The zero-order chi connectivity index (χ0) is 26.4. The molecule has 0 unspecified atom stereocenters. The van der Waals surface area contributed by atoms with Crippen LogP contribution in [-0.4, -0.2) is 25.2 Å². The smallest absolute Gasteiger partial charge is 0.243 e. The van der Waals surface area contributed by atoms with Crippen molar-refractivity contribution >= 4 is 44.8 Å². The Morgan fingerprint density at radius 2 is 1.49 bits per heavy atom. The minimum Gasteiger partial charge on any atom is -0.457 e. The summed E-state index contributed by atoms with van der Waals surface area (Å²) in [6.07, 6.45) is 0. The summed E-state index contributed by atoms with van der Waals surface area (Å²) in [5.41, 5.74) is 0.384. The third-order valence-electron chi connectivity index (χ3n) is 5.28. The van der Waals surface area contributed by atoms with E-state index >= 15 is 0 Å². The van der Waals surface area contributed by atoms with E-state index in [9.17, 15) is 17.6 Å². The monoisotopic (exact) mass is 558 g/mol. The zero-order valence-electron chi connectivity index (χ0n) is 19.3. The lowest BCUT2D eigenvalue weighted by molar-refractivity contribution is -0.116. The lowest BCUT2D eigenvalue weighted by Crippen LogP contribution is -2.37. The first kappa shape index (κ1) is 26.6. The predicted molar refractivity (Wildman–Crippen MR) is 142 cm³/mol. The summed E-state index contributed by atoms with van der Waals surface area (Å²) in [4.78, 5) is 12.8. The van der Waals surface area contributed by atoms with Crippen molar-refractivity contribution in [3.05, 3.63) is 118 Å². The van der Waals surface area contributed by atoms with Crippen LogP contribution in [0.4, 0.5) is 10.1 Å². The first-order valence-corrected chi connectivity index (χ1v) is 13.2. The highest BCUT2D eigenvalue weighted by atomic mass is 35.5. The number of hydrogen-bond acceptors (Lipinski definition) is 4. The predicted octanol–water partition coefficient (Wildman–Crippen LogP) is 6.75. The van der Waals surface area contributed by atoms with E-state index in [1.165, 1.54) is 42.5 Å². The van der Waals surface area contributed by atoms with E-state index in [1.54, 1.807) is 24.3 Å². The van der Waals surface area contributed by atoms with Gasteiger partial charge in [-0.15, -0.1) is 0 Å². The second-order valence-corrected chi connectivity index (χ2v) is 10.7. The molecular weight excluding hydrogens is 538 g/mol. The molecule has 4 aromatic carbocycles. The third-order valence-corrected chi connectivity index (χ3v) is 7.70. The summed E-state index contributed by atoms with van der Waals surface area (Å²) in [7, 11) is -4.21. The fourth-order valence-electron chi connectivity index (χ4n) is 3.43. The summed E-state index contributed by atoms with van der Waals surface area (Å²) < 4.78 is 47.9. The van der Waals surface area contributed by atoms with Crippen LogP contribution in [0.5, 0.6) is 11.5 Å². The molecule has 6 nitrogen and oxygen atoms in total. The van der Waals surface area contributed by atoms with Gasteiger partial charge in [0.25, 0.3) is 0 Å². The van der Waals surface area contributed by atoms with Crippen LogP contribution in [-0.2, 0) is 21.4 Å². The molecule has 190 valence electrons. The second kappa shape index (κ2) is 11.7. The molecule has 1 amide bonds. The van der Waals surface area contributed by atoms with Crippen LogP contribution in [0.15, 0.2) is 102 Å². The topological polar surface area (TPSA) is 75.7 Å². The average Bonchev–Trinajstić information content (AvgIpc) is 2.87. The van der Waals surface area contributed by atoms with Gasteiger partial charge in [-0.2, -0.15) is 4.31 Å². The molecule has 0 fully saturated rings. The Kier molecular flexibility index (Phi) is 8.45. The van der Waals surface area contributed by atoms with Crippen molar-refractivity contribution in [2.45, 2.75) is 11.4 Å². The fraction of sp³-hybridized carbons (Fsp3) is 0.0741. The van der Waals surface area contributed by atoms with Crippen molar-refractivity contribution in [3.8, 4) is 11.5 Å². The average molecular weight is 559 g/mol. The number of hydrogen-bond donors (Lipinski definition) is 1. The summed E-state index contributed by atoms with van der Waals surface area (Å²) in [5.74, 6) is -0.0839. The van der Waals surface area contributed by atoms with E-state index in [1.807, 2.05) is 30.3 Å². The van der Waals surface area contributed by atoms with Crippen LogP contribution < -0.4 is 10.1 Å². The Bertz CT molecular complexity index is 1460. The van der Waals surface area contributed by atoms with Crippen LogP contribution >= 0.6 is 23.2 Å². The maximum absolute atomic E-state index is 14.5. The van der Waals surface area contributed by atoms with Gasteiger partial charge in [0.15, 0.2) is 0 Å². The summed E-state index contributed by atoms with van der Waals surface area (Å²) in [6.45, 7) is -1.04. The molecule has 0 aromatic heterocycles. The normalized spacial score (nSPS) is 11.4. The molecule has 0 aliphatic carbocycles. The number of carbonyl (C=O) groups is 1. The van der Waals surface area contributed by atoms with E-state index < -0.39 is 34.8 Å². The van der Waals surface area contributed by atoms with Gasteiger partial charge in [-0.25, -0.2) is 12.8 Å².